The van der Waals surface area contributed by atoms with Gasteiger partial charge in [-0.1, -0.05) is 37.0 Å². The molecule has 2 aromatic rings. The highest BCUT2D eigenvalue weighted by Crippen LogP contribution is 2.23. The van der Waals surface area contributed by atoms with Crippen LogP contribution in [-0.4, -0.2) is 28.0 Å². The lowest BCUT2D eigenvalue weighted by Crippen LogP contribution is -2.29. The molecule has 100 valence electrons. The van der Waals surface area contributed by atoms with Crippen molar-refractivity contribution < 1.29 is 4.92 Å². The summed E-state index contributed by atoms with van der Waals surface area (Å²) in [6.07, 6.45) is 2.49. The van der Waals surface area contributed by atoms with Crippen LogP contribution in [0.2, 0.25) is 19.6 Å². The third-order valence-corrected chi connectivity index (χ3v) is 3.84. The molecule has 6 nitrogen and oxygen atoms in total. The number of non-ortho nitro benzene ring substituents is 1. The third-order valence-electron chi connectivity index (χ3n) is 2.59. The molecular weight excluding hydrogens is 260 g/mol. The van der Waals surface area contributed by atoms with Crippen molar-refractivity contribution in [3.05, 3.63) is 40.6 Å². The van der Waals surface area contributed by atoms with Crippen LogP contribution in [0.3, 0.4) is 0 Å². The topological polar surface area (TPSA) is 73.8 Å². The molecule has 1 heterocycles. The van der Waals surface area contributed by atoms with Gasteiger partial charge in [-0.3, -0.25) is 10.1 Å². The van der Waals surface area contributed by atoms with Gasteiger partial charge < -0.3 is 0 Å². The molecule has 0 spiro atoms. The van der Waals surface area contributed by atoms with Crippen molar-refractivity contribution in [3.8, 4) is 11.3 Å². The average molecular weight is 276 g/mol. The number of hydrogen-bond acceptors (Lipinski definition) is 4. The lowest BCUT2D eigenvalue weighted by molar-refractivity contribution is -0.384. The Morgan fingerprint density at radius 2 is 2.11 bits per heavy atom. The number of rotatable bonds is 4. The van der Waals surface area contributed by atoms with E-state index in [4.69, 9.17) is 0 Å². The van der Waals surface area contributed by atoms with Gasteiger partial charge in [0, 0.05) is 23.9 Å². The summed E-state index contributed by atoms with van der Waals surface area (Å²) >= 11 is 0. The predicted octanol–water partition coefficient (Wildman–Crippen LogP) is 2.73. The molecule has 7 heteroatoms. The monoisotopic (exact) mass is 276 g/mol. The molecule has 0 saturated heterocycles. The van der Waals surface area contributed by atoms with Crippen LogP contribution in [0.15, 0.2) is 30.5 Å². The summed E-state index contributed by atoms with van der Waals surface area (Å²) < 4.78 is 1.84. The fourth-order valence-corrected chi connectivity index (χ4v) is 2.96. The summed E-state index contributed by atoms with van der Waals surface area (Å²) in [5.41, 5.74) is 1.68. The first-order chi connectivity index (χ1) is 8.87. The fraction of sp³-hybridized carbons (Fsp3) is 0.333. The molecule has 0 amide bonds. The molecule has 19 heavy (non-hydrogen) atoms. The maximum Gasteiger partial charge on any atom is 0.270 e. The molecule has 0 aliphatic rings. The Balaban J connectivity index is 2.40. The molecule has 0 bridgehead atoms. The van der Waals surface area contributed by atoms with E-state index in [1.807, 2.05) is 10.7 Å². The molecule has 1 aromatic heterocycles. The fourth-order valence-electron chi connectivity index (χ4n) is 1.83. The first-order valence-electron chi connectivity index (χ1n) is 6.00. The summed E-state index contributed by atoms with van der Waals surface area (Å²) in [4.78, 5) is 10.4. The molecule has 0 atom stereocenters. The summed E-state index contributed by atoms with van der Waals surface area (Å²) in [7, 11) is -1.33. The Bertz CT molecular complexity index is 604. The normalized spacial score (nSPS) is 11.5. The molecule has 0 radical (unpaired) electrons. The van der Waals surface area contributed by atoms with E-state index in [1.54, 1.807) is 18.3 Å². The molecule has 0 aliphatic carbocycles. The van der Waals surface area contributed by atoms with E-state index in [0.29, 0.717) is 0 Å². The van der Waals surface area contributed by atoms with Crippen molar-refractivity contribution >= 4 is 13.8 Å². The Labute approximate surface area is 112 Å². The Hall–Kier alpha value is -2.02. The Kier molecular flexibility index (Phi) is 3.48. The van der Waals surface area contributed by atoms with E-state index in [9.17, 15) is 10.1 Å². The Morgan fingerprint density at radius 3 is 2.74 bits per heavy atom. The van der Waals surface area contributed by atoms with Gasteiger partial charge in [-0.05, 0) is 0 Å². The van der Waals surface area contributed by atoms with E-state index in [-0.39, 0.29) is 5.69 Å². The molecule has 0 fully saturated rings. The van der Waals surface area contributed by atoms with Crippen molar-refractivity contribution in [2.24, 2.45) is 0 Å². The lowest BCUT2D eigenvalue weighted by atomic mass is 10.1. The number of benzene rings is 1. The van der Waals surface area contributed by atoms with Gasteiger partial charge in [-0.25, -0.2) is 4.68 Å². The first kappa shape index (κ1) is 13.4. The van der Waals surface area contributed by atoms with Crippen molar-refractivity contribution in [2.45, 2.75) is 25.8 Å². The van der Waals surface area contributed by atoms with E-state index in [0.717, 1.165) is 17.4 Å². The zero-order valence-electron chi connectivity index (χ0n) is 11.2. The second kappa shape index (κ2) is 4.92. The molecule has 0 aliphatic heterocycles. The van der Waals surface area contributed by atoms with Crippen LogP contribution in [0.4, 0.5) is 5.69 Å². The minimum absolute atomic E-state index is 0.0817. The highest BCUT2D eigenvalue weighted by Gasteiger charge is 2.18. The largest absolute Gasteiger partial charge is 0.270 e. The quantitative estimate of drug-likeness (QED) is 0.489. The SMILES string of the molecule is C[Si](C)(C)Cn1nncc1-c1cccc([N+](=O)[O-])c1. The molecule has 0 saturated carbocycles. The summed E-state index contributed by atoms with van der Waals surface area (Å²) in [6, 6.07) is 6.56. The minimum atomic E-state index is -1.33. The lowest BCUT2D eigenvalue weighted by Gasteiger charge is -2.16. The van der Waals surface area contributed by atoms with Gasteiger partial charge in [-0.2, -0.15) is 0 Å². The highest BCUT2D eigenvalue weighted by molar-refractivity contribution is 6.74. The van der Waals surface area contributed by atoms with E-state index in [2.05, 4.69) is 30.0 Å². The van der Waals surface area contributed by atoms with Gasteiger partial charge in [0.25, 0.3) is 5.69 Å². The van der Waals surface area contributed by atoms with Gasteiger partial charge >= 0.3 is 0 Å². The van der Waals surface area contributed by atoms with Gasteiger partial charge in [0.05, 0.1) is 24.9 Å². The standard InChI is InChI=1S/C12H16N4O2Si/c1-19(2,3)9-15-12(8-13-14-15)10-5-4-6-11(7-10)16(17)18/h4-8H,9H2,1-3H3. The minimum Gasteiger partial charge on any atom is -0.258 e. The van der Waals surface area contributed by atoms with Crippen LogP contribution in [0, 0.1) is 10.1 Å². The molecular formula is C12H16N4O2Si. The van der Waals surface area contributed by atoms with Crippen molar-refractivity contribution in [1.29, 1.82) is 0 Å². The van der Waals surface area contributed by atoms with Crippen molar-refractivity contribution in [2.75, 3.05) is 0 Å². The molecule has 0 N–H and O–H groups in total. The van der Waals surface area contributed by atoms with E-state index in [1.165, 1.54) is 6.07 Å². The predicted molar refractivity (Wildman–Crippen MR) is 75.5 cm³/mol. The number of aromatic nitrogens is 3. The van der Waals surface area contributed by atoms with E-state index < -0.39 is 13.0 Å². The van der Waals surface area contributed by atoms with Gasteiger partial charge in [0.15, 0.2) is 0 Å². The van der Waals surface area contributed by atoms with Crippen LogP contribution in [0.1, 0.15) is 0 Å². The maximum absolute atomic E-state index is 10.8. The summed E-state index contributed by atoms with van der Waals surface area (Å²) in [5, 5.41) is 18.8. The first-order valence-corrected chi connectivity index (χ1v) is 9.71. The number of nitrogens with zero attached hydrogens (tertiary/aromatic N) is 4. The maximum atomic E-state index is 10.8. The number of nitro groups is 1. The molecule has 0 unspecified atom stereocenters. The van der Waals surface area contributed by atoms with Gasteiger partial charge in [-0.15, -0.1) is 5.10 Å². The average Bonchev–Trinajstić information content (AvgIpc) is 2.75. The number of nitro benzene ring substituents is 1. The number of hydrogen-bond donors (Lipinski definition) is 0. The van der Waals surface area contributed by atoms with Gasteiger partial charge in [0.2, 0.25) is 0 Å². The summed E-state index contributed by atoms with van der Waals surface area (Å²) in [5.74, 6) is 0. The van der Waals surface area contributed by atoms with Crippen LogP contribution in [0.5, 0.6) is 0 Å². The Morgan fingerprint density at radius 1 is 1.37 bits per heavy atom. The van der Waals surface area contributed by atoms with Crippen LogP contribution in [-0.2, 0) is 6.17 Å². The van der Waals surface area contributed by atoms with Crippen LogP contribution in [0.25, 0.3) is 11.3 Å². The van der Waals surface area contributed by atoms with Crippen LogP contribution >= 0.6 is 0 Å². The van der Waals surface area contributed by atoms with Gasteiger partial charge in [0.1, 0.15) is 0 Å². The zero-order chi connectivity index (χ0) is 14.0. The van der Waals surface area contributed by atoms with E-state index >= 15 is 0 Å². The van der Waals surface area contributed by atoms with Crippen molar-refractivity contribution in [3.63, 3.8) is 0 Å². The highest BCUT2D eigenvalue weighted by atomic mass is 28.3. The van der Waals surface area contributed by atoms with Crippen LogP contribution < -0.4 is 0 Å². The summed E-state index contributed by atoms with van der Waals surface area (Å²) in [6.45, 7) is 6.73. The molecule has 2 rings (SSSR count). The second-order valence-electron chi connectivity index (χ2n) is 5.65. The smallest absolute Gasteiger partial charge is 0.258 e. The second-order valence-corrected chi connectivity index (χ2v) is 11.1. The zero-order valence-corrected chi connectivity index (χ0v) is 12.2. The third kappa shape index (κ3) is 3.25. The van der Waals surface area contributed by atoms with Crippen molar-refractivity contribution in [1.82, 2.24) is 15.0 Å². The molecule has 1 aromatic carbocycles.